The summed E-state index contributed by atoms with van der Waals surface area (Å²) in [5.74, 6) is 0.196. The minimum Gasteiger partial charge on any atom is -0.459 e. The maximum absolute atomic E-state index is 12.2. The summed E-state index contributed by atoms with van der Waals surface area (Å²) in [6.07, 6.45) is 3.18. The molecule has 1 aliphatic heterocycles. The third kappa shape index (κ3) is 3.68. The molecular formula is C16H18N4O3. The number of hydrogen-bond acceptors (Lipinski definition) is 4. The van der Waals surface area contributed by atoms with Crippen molar-refractivity contribution in [2.75, 3.05) is 26.2 Å². The van der Waals surface area contributed by atoms with Crippen LogP contribution in [0, 0.1) is 0 Å². The van der Waals surface area contributed by atoms with Crippen LogP contribution in [0.2, 0.25) is 0 Å². The molecule has 3 heterocycles. The van der Waals surface area contributed by atoms with Gasteiger partial charge >= 0.3 is 6.03 Å². The van der Waals surface area contributed by atoms with Crippen LogP contribution in [0.3, 0.4) is 0 Å². The Morgan fingerprint density at radius 3 is 2.52 bits per heavy atom. The number of rotatable bonds is 3. The number of pyridine rings is 1. The largest absolute Gasteiger partial charge is 0.459 e. The first-order chi connectivity index (χ1) is 11.2. The lowest BCUT2D eigenvalue weighted by Crippen LogP contribution is -2.53. The van der Waals surface area contributed by atoms with E-state index in [-0.39, 0.29) is 11.9 Å². The molecule has 7 heteroatoms. The van der Waals surface area contributed by atoms with Crippen molar-refractivity contribution in [3.63, 3.8) is 0 Å². The summed E-state index contributed by atoms with van der Waals surface area (Å²) in [6.45, 7) is 2.39. The summed E-state index contributed by atoms with van der Waals surface area (Å²) in [5, 5.41) is 2.84. The second kappa shape index (κ2) is 6.95. The van der Waals surface area contributed by atoms with Gasteiger partial charge in [0, 0.05) is 32.4 Å². The monoisotopic (exact) mass is 314 g/mol. The van der Waals surface area contributed by atoms with Gasteiger partial charge in [-0.2, -0.15) is 0 Å². The first-order valence-corrected chi connectivity index (χ1v) is 7.49. The second-order valence-corrected chi connectivity index (χ2v) is 5.24. The fourth-order valence-corrected chi connectivity index (χ4v) is 2.45. The van der Waals surface area contributed by atoms with E-state index in [0.29, 0.717) is 38.5 Å². The molecule has 3 amide bonds. The van der Waals surface area contributed by atoms with Gasteiger partial charge in [-0.15, -0.1) is 0 Å². The Hall–Kier alpha value is -2.83. The van der Waals surface area contributed by atoms with Gasteiger partial charge in [-0.1, -0.05) is 6.07 Å². The quantitative estimate of drug-likeness (QED) is 0.927. The van der Waals surface area contributed by atoms with E-state index in [2.05, 4.69) is 10.3 Å². The van der Waals surface area contributed by atoms with E-state index in [0.717, 1.165) is 5.69 Å². The number of nitrogens with one attached hydrogen (secondary N) is 1. The van der Waals surface area contributed by atoms with Gasteiger partial charge in [-0.25, -0.2) is 4.79 Å². The summed E-state index contributed by atoms with van der Waals surface area (Å²) < 4.78 is 5.12. The van der Waals surface area contributed by atoms with Gasteiger partial charge in [-0.05, 0) is 24.3 Å². The number of carbonyl (C=O) groups excluding carboxylic acids is 2. The van der Waals surface area contributed by atoms with Crippen LogP contribution in [0.4, 0.5) is 4.79 Å². The summed E-state index contributed by atoms with van der Waals surface area (Å²) in [6, 6.07) is 8.78. The zero-order valence-corrected chi connectivity index (χ0v) is 12.6. The Labute approximate surface area is 133 Å². The summed E-state index contributed by atoms with van der Waals surface area (Å²) in [5.41, 5.74) is 0.812. The third-order valence-corrected chi connectivity index (χ3v) is 3.73. The Bertz CT molecular complexity index is 649. The predicted molar refractivity (Wildman–Crippen MR) is 82.7 cm³/mol. The number of furan rings is 1. The molecule has 0 spiro atoms. The van der Waals surface area contributed by atoms with Gasteiger partial charge in [0.15, 0.2) is 5.76 Å². The zero-order valence-electron chi connectivity index (χ0n) is 12.6. The number of amides is 3. The Kier molecular flexibility index (Phi) is 4.56. The highest BCUT2D eigenvalue weighted by molar-refractivity contribution is 5.91. The highest BCUT2D eigenvalue weighted by Gasteiger charge is 2.25. The van der Waals surface area contributed by atoms with Gasteiger partial charge in [-0.3, -0.25) is 9.78 Å². The molecule has 2 aromatic heterocycles. The molecule has 2 aromatic rings. The molecule has 1 aliphatic rings. The first-order valence-electron chi connectivity index (χ1n) is 7.49. The van der Waals surface area contributed by atoms with Crippen molar-refractivity contribution in [1.82, 2.24) is 20.1 Å². The van der Waals surface area contributed by atoms with Gasteiger partial charge in [0.2, 0.25) is 0 Å². The molecule has 3 rings (SSSR count). The number of hydrogen-bond donors (Lipinski definition) is 1. The van der Waals surface area contributed by atoms with Crippen LogP contribution in [-0.2, 0) is 6.54 Å². The fourth-order valence-electron chi connectivity index (χ4n) is 2.45. The molecule has 1 saturated heterocycles. The standard InChI is InChI=1S/C16H18N4O3/c21-15(14-5-3-11-23-14)19-7-9-20(10-8-19)16(22)18-12-13-4-1-2-6-17-13/h1-6,11H,7-10,12H2,(H,18,22). The Balaban J connectivity index is 1.47. The van der Waals surface area contributed by atoms with Crippen LogP contribution in [0.1, 0.15) is 16.2 Å². The van der Waals surface area contributed by atoms with E-state index >= 15 is 0 Å². The maximum Gasteiger partial charge on any atom is 0.317 e. The van der Waals surface area contributed by atoms with Crippen molar-refractivity contribution in [1.29, 1.82) is 0 Å². The molecule has 0 saturated carbocycles. The highest BCUT2D eigenvalue weighted by Crippen LogP contribution is 2.09. The molecule has 0 radical (unpaired) electrons. The minimum absolute atomic E-state index is 0.136. The van der Waals surface area contributed by atoms with E-state index < -0.39 is 0 Å². The van der Waals surface area contributed by atoms with Crippen LogP contribution in [-0.4, -0.2) is 52.9 Å². The molecular weight excluding hydrogens is 296 g/mol. The average Bonchev–Trinajstić information content (AvgIpc) is 3.15. The van der Waals surface area contributed by atoms with E-state index in [1.54, 1.807) is 28.1 Å². The molecule has 0 aliphatic carbocycles. The lowest BCUT2D eigenvalue weighted by atomic mass is 10.3. The minimum atomic E-state index is -0.138. The number of aromatic nitrogens is 1. The number of nitrogens with zero attached hydrogens (tertiary/aromatic N) is 3. The van der Waals surface area contributed by atoms with E-state index in [1.165, 1.54) is 6.26 Å². The number of urea groups is 1. The van der Waals surface area contributed by atoms with Gasteiger partial charge in [0.05, 0.1) is 18.5 Å². The van der Waals surface area contributed by atoms with Gasteiger partial charge < -0.3 is 19.5 Å². The molecule has 0 atom stereocenters. The van der Waals surface area contributed by atoms with Crippen molar-refractivity contribution < 1.29 is 14.0 Å². The van der Waals surface area contributed by atoms with Crippen molar-refractivity contribution in [2.24, 2.45) is 0 Å². The maximum atomic E-state index is 12.2. The second-order valence-electron chi connectivity index (χ2n) is 5.24. The molecule has 1 N–H and O–H groups in total. The molecule has 23 heavy (non-hydrogen) atoms. The van der Waals surface area contributed by atoms with Crippen molar-refractivity contribution >= 4 is 11.9 Å². The highest BCUT2D eigenvalue weighted by atomic mass is 16.3. The Morgan fingerprint density at radius 1 is 1.09 bits per heavy atom. The normalized spacial score (nSPS) is 14.6. The average molecular weight is 314 g/mol. The molecule has 0 unspecified atom stereocenters. The van der Waals surface area contributed by atoms with Crippen LogP contribution < -0.4 is 5.32 Å². The third-order valence-electron chi connectivity index (χ3n) is 3.73. The fraction of sp³-hybridized carbons (Fsp3) is 0.312. The number of carbonyl (C=O) groups is 2. The predicted octanol–water partition coefficient (Wildman–Crippen LogP) is 1.34. The van der Waals surface area contributed by atoms with Crippen molar-refractivity contribution in [2.45, 2.75) is 6.54 Å². The first kappa shape index (κ1) is 15.1. The summed E-state index contributed by atoms with van der Waals surface area (Å²) in [4.78, 5) is 31.9. The van der Waals surface area contributed by atoms with Crippen molar-refractivity contribution in [3.05, 3.63) is 54.2 Å². The van der Waals surface area contributed by atoms with Gasteiger partial charge in [0.1, 0.15) is 0 Å². The molecule has 0 bridgehead atoms. The Morgan fingerprint density at radius 2 is 1.87 bits per heavy atom. The van der Waals surface area contributed by atoms with Crippen LogP contribution >= 0.6 is 0 Å². The lowest BCUT2D eigenvalue weighted by Gasteiger charge is -2.34. The summed E-state index contributed by atoms with van der Waals surface area (Å²) in [7, 11) is 0. The van der Waals surface area contributed by atoms with Crippen molar-refractivity contribution in [3.8, 4) is 0 Å². The zero-order chi connectivity index (χ0) is 16.1. The van der Waals surface area contributed by atoms with E-state index in [4.69, 9.17) is 4.42 Å². The number of piperazine rings is 1. The molecule has 1 fully saturated rings. The van der Waals surface area contributed by atoms with Crippen LogP contribution in [0.15, 0.2) is 47.2 Å². The smallest absolute Gasteiger partial charge is 0.317 e. The lowest BCUT2D eigenvalue weighted by molar-refractivity contribution is 0.0634. The molecule has 7 nitrogen and oxygen atoms in total. The van der Waals surface area contributed by atoms with Crippen LogP contribution in [0.5, 0.6) is 0 Å². The van der Waals surface area contributed by atoms with Gasteiger partial charge in [0.25, 0.3) is 5.91 Å². The summed E-state index contributed by atoms with van der Waals surface area (Å²) >= 11 is 0. The van der Waals surface area contributed by atoms with Crippen LogP contribution in [0.25, 0.3) is 0 Å². The topological polar surface area (TPSA) is 78.7 Å². The van der Waals surface area contributed by atoms with E-state index in [1.807, 2.05) is 18.2 Å². The van der Waals surface area contributed by atoms with E-state index in [9.17, 15) is 9.59 Å². The molecule has 120 valence electrons. The molecule has 0 aromatic carbocycles. The SMILES string of the molecule is O=C(NCc1ccccn1)N1CCN(C(=O)c2ccco2)CC1.